The van der Waals surface area contributed by atoms with Crippen molar-refractivity contribution in [3.05, 3.63) is 42.1 Å². The van der Waals surface area contributed by atoms with E-state index in [0.717, 1.165) is 23.9 Å². The molecule has 1 aromatic carbocycles. The van der Waals surface area contributed by atoms with Gasteiger partial charge >= 0.3 is 0 Å². The zero-order chi connectivity index (χ0) is 12.8. The third-order valence-corrected chi connectivity index (χ3v) is 2.78. The van der Waals surface area contributed by atoms with Gasteiger partial charge in [-0.1, -0.05) is 12.1 Å². The number of nitrogens with zero attached hydrogens (tertiary/aromatic N) is 1. The molecule has 2 aromatic rings. The van der Waals surface area contributed by atoms with E-state index >= 15 is 0 Å². The van der Waals surface area contributed by atoms with E-state index in [9.17, 15) is 4.79 Å². The lowest BCUT2D eigenvalue weighted by molar-refractivity contribution is 0.0955. The van der Waals surface area contributed by atoms with E-state index in [1.807, 2.05) is 37.4 Å². The lowest BCUT2D eigenvalue weighted by Gasteiger charge is -2.07. The summed E-state index contributed by atoms with van der Waals surface area (Å²) in [5.74, 6) is -0.0373. The molecule has 0 radical (unpaired) electrons. The zero-order valence-electron chi connectivity index (χ0n) is 10.4. The van der Waals surface area contributed by atoms with E-state index in [0.29, 0.717) is 12.1 Å². The Morgan fingerprint density at radius 3 is 2.94 bits per heavy atom. The Morgan fingerprint density at radius 2 is 2.11 bits per heavy atom. The number of amides is 1. The van der Waals surface area contributed by atoms with Gasteiger partial charge in [-0.15, -0.1) is 0 Å². The van der Waals surface area contributed by atoms with Crippen molar-refractivity contribution < 1.29 is 4.79 Å². The molecule has 0 fully saturated rings. The fourth-order valence-electron chi connectivity index (χ4n) is 1.86. The smallest absolute Gasteiger partial charge is 0.251 e. The number of pyridine rings is 1. The molecule has 1 heterocycles. The van der Waals surface area contributed by atoms with Crippen molar-refractivity contribution in [2.75, 3.05) is 20.1 Å². The van der Waals surface area contributed by atoms with Crippen LogP contribution in [0.5, 0.6) is 0 Å². The molecule has 0 unspecified atom stereocenters. The van der Waals surface area contributed by atoms with Gasteiger partial charge in [-0.2, -0.15) is 0 Å². The predicted octanol–water partition coefficient (Wildman–Crippen LogP) is 1.57. The number of rotatable bonds is 5. The molecule has 4 heteroatoms. The van der Waals surface area contributed by atoms with Crippen LogP contribution in [0.1, 0.15) is 16.8 Å². The largest absolute Gasteiger partial charge is 0.352 e. The van der Waals surface area contributed by atoms with Gasteiger partial charge in [-0.05, 0) is 38.2 Å². The van der Waals surface area contributed by atoms with Crippen molar-refractivity contribution in [2.24, 2.45) is 0 Å². The van der Waals surface area contributed by atoms with Gasteiger partial charge in [0.1, 0.15) is 0 Å². The van der Waals surface area contributed by atoms with Gasteiger partial charge in [-0.3, -0.25) is 9.78 Å². The van der Waals surface area contributed by atoms with E-state index in [1.54, 1.807) is 6.20 Å². The Hall–Kier alpha value is -1.94. The molecular formula is C14H17N3O. The highest BCUT2D eigenvalue weighted by atomic mass is 16.1. The average Bonchev–Trinajstić information content (AvgIpc) is 2.43. The highest BCUT2D eigenvalue weighted by molar-refractivity contribution is 6.06. The summed E-state index contributed by atoms with van der Waals surface area (Å²) in [6, 6.07) is 9.37. The maximum absolute atomic E-state index is 12.1. The summed E-state index contributed by atoms with van der Waals surface area (Å²) in [6.45, 7) is 1.58. The van der Waals surface area contributed by atoms with Crippen LogP contribution >= 0.6 is 0 Å². The monoisotopic (exact) mass is 243 g/mol. The predicted molar refractivity (Wildman–Crippen MR) is 72.6 cm³/mol. The lowest BCUT2D eigenvalue weighted by atomic mass is 10.1. The van der Waals surface area contributed by atoms with Gasteiger partial charge in [0.2, 0.25) is 0 Å². The van der Waals surface area contributed by atoms with E-state index in [1.165, 1.54) is 0 Å². The molecule has 4 nitrogen and oxygen atoms in total. The molecule has 2 rings (SSSR count). The molecule has 2 N–H and O–H groups in total. The Labute approximate surface area is 106 Å². The summed E-state index contributed by atoms with van der Waals surface area (Å²) in [5.41, 5.74) is 1.53. The number of hydrogen-bond acceptors (Lipinski definition) is 3. The van der Waals surface area contributed by atoms with Gasteiger partial charge in [0, 0.05) is 23.7 Å². The molecule has 94 valence electrons. The number of carbonyl (C=O) groups is 1. The lowest BCUT2D eigenvalue weighted by Crippen LogP contribution is -2.26. The number of carbonyl (C=O) groups excluding carboxylic acids is 1. The highest BCUT2D eigenvalue weighted by Crippen LogP contribution is 2.15. The third kappa shape index (κ3) is 2.84. The number of aromatic nitrogens is 1. The molecule has 0 aliphatic rings. The number of fused-ring (bicyclic) bond motifs is 1. The maximum Gasteiger partial charge on any atom is 0.251 e. The second kappa shape index (κ2) is 6.12. The van der Waals surface area contributed by atoms with Crippen molar-refractivity contribution >= 4 is 16.8 Å². The first kappa shape index (κ1) is 12.5. The SMILES string of the molecule is CNCCCNC(=O)c1cccc2ncccc12. The van der Waals surface area contributed by atoms with Gasteiger partial charge in [-0.25, -0.2) is 0 Å². The van der Waals surface area contributed by atoms with Crippen LogP contribution in [0.3, 0.4) is 0 Å². The first-order valence-corrected chi connectivity index (χ1v) is 6.09. The van der Waals surface area contributed by atoms with Crippen LogP contribution < -0.4 is 10.6 Å². The van der Waals surface area contributed by atoms with Crippen LogP contribution in [-0.2, 0) is 0 Å². The highest BCUT2D eigenvalue weighted by Gasteiger charge is 2.08. The topological polar surface area (TPSA) is 54.0 Å². The number of hydrogen-bond donors (Lipinski definition) is 2. The quantitative estimate of drug-likeness (QED) is 0.784. The van der Waals surface area contributed by atoms with Crippen LogP contribution in [-0.4, -0.2) is 31.0 Å². The summed E-state index contributed by atoms with van der Waals surface area (Å²) < 4.78 is 0. The second-order valence-corrected chi connectivity index (χ2v) is 4.09. The molecule has 0 spiro atoms. The molecule has 18 heavy (non-hydrogen) atoms. The third-order valence-electron chi connectivity index (χ3n) is 2.78. The van der Waals surface area contributed by atoms with Gasteiger partial charge in [0.25, 0.3) is 5.91 Å². The van der Waals surface area contributed by atoms with Crippen LogP contribution in [0.2, 0.25) is 0 Å². The normalized spacial score (nSPS) is 10.5. The van der Waals surface area contributed by atoms with E-state index < -0.39 is 0 Å². The summed E-state index contributed by atoms with van der Waals surface area (Å²) >= 11 is 0. The molecule has 0 saturated carbocycles. The molecule has 0 saturated heterocycles. The first-order valence-electron chi connectivity index (χ1n) is 6.09. The fourth-order valence-corrected chi connectivity index (χ4v) is 1.86. The van der Waals surface area contributed by atoms with Crippen LogP contribution in [0.25, 0.3) is 10.9 Å². The molecule has 0 bridgehead atoms. The van der Waals surface area contributed by atoms with Crippen molar-refractivity contribution in [1.29, 1.82) is 0 Å². The van der Waals surface area contributed by atoms with Crippen LogP contribution in [0.15, 0.2) is 36.5 Å². The molecule has 1 aromatic heterocycles. The standard InChI is InChI=1S/C14H17N3O/c1-15-8-4-10-17-14(18)12-5-2-7-13-11(12)6-3-9-16-13/h2-3,5-7,9,15H,4,8,10H2,1H3,(H,17,18). The Kier molecular flexibility index (Phi) is 4.25. The molecular weight excluding hydrogens is 226 g/mol. The van der Waals surface area contributed by atoms with Crippen LogP contribution in [0.4, 0.5) is 0 Å². The minimum atomic E-state index is -0.0373. The molecule has 1 amide bonds. The average molecular weight is 243 g/mol. The van der Waals surface area contributed by atoms with Gasteiger partial charge in [0.15, 0.2) is 0 Å². The van der Waals surface area contributed by atoms with E-state index in [4.69, 9.17) is 0 Å². The van der Waals surface area contributed by atoms with E-state index in [2.05, 4.69) is 15.6 Å². The zero-order valence-corrected chi connectivity index (χ0v) is 10.4. The Morgan fingerprint density at radius 1 is 1.22 bits per heavy atom. The number of benzene rings is 1. The molecule has 0 atom stereocenters. The van der Waals surface area contributed by atoms with Crippen molar-refractivity contribution in [2.45, 2.75) is 6.42 Å². The van der Waals surface area contributed by atoms with Crippen molar-refractivity contribution in [3.63, 3.8) is 0 Å². The molecule has 0 aliphatic heterocycles. The summed E-state index contributed by atoms with van der Waals surface area (Å²) in [6.07, 6.45) is 2.65. The van der Waals surface area contributed by atoms with Gasteiger partial charge in [0.05, 0.1) is 5.52 Å². The Balaban J connectivity index is 2.13. The summed E-state index contributed by atoms with van der Waals surface area (Å²) in [5, 5.41) is 6.86. The number of nitrogens with one attached hydrogen (secondary N) is 2. The summed E-state index contributed by atoms with van der Waals surface area (Å²) in [4.78, 5) is 16.3. The fraction of sp³-hybridized carbons (Fsp3) is 0.286. The van der Waals surface area contributed by atoms with Crippen molar-refractivity contribution in [1.82, 2.24) is 15.6 Å². The maximum atomic E-state index is 12.1. The summed E-state index contributed by atoms with van der Waals surface area (Å²) in [7, 11) is 1.90. The second-order valence-electron chi connectivity index (χ2n) is 4.09. The minimum absolute atomic E-state index is 0.0373. The molecule has 0 aliphatic carbocycles. The van der Waals surface area contributed by atoms with Gasteiger partial charge < -0.3 is 10.6 Å². The first-order chi connectivity index (χ1) is 8.83. The van der Waals surface area contributed by atoms with Crippen LogP contribution in [0, 0.1) is 0 Å². The van der Waals surface area contributed by atoms with Crippen molar-refractivity contribution in [3.8, 4) is 0 Å². The van der Waals surface area contributed by atoms with E-state index in [-0.39, 0.29) is 5.91 Å². The Bertz CT molecular complexity index is 534. The minimum Gasteiger partial charge on any atom is -0.352 e.